The summed E-state index contributed by atoms with van der Waals surface area (Å²) >= 11 is 6.38. The quantitative estimate of drug-likeness (QED) is 0.782. The van der Waals surface area contributed by atoms with Gasteiger partial charge in [0.1, 0.15) is 17.3 Å². The Bertz CT molecular complexity index is 574. The molecule has 1 fully saturated rings. The third-order valence-electron chi connectivity index (χ3n) is 4.17. The van der Waals surface area contributed by atoms with E-state index in [9.17, 15) is 9.59 Å². The van der Waals surface area contributed by atoms with Gasteiger partial charge in [0.05, 0.1) is 13.5 Å². The molecule has 1 saturated carbocycles. The maximum absolute atomic E-state index is 11.7. The second-order valence-corrected chi connectivity index (χ2v) is 5.87. The molecule has 0 bridgehead atoms. The predicted molar refractivity (Wildman–Crippen MR) is 78.8 cm³/mol. The molecule has 0 aromatic heterocycles. The Hall–Kier alpha value is -1.35. The fourth-order valence-corrected chi connectivity index (χ4v) is 3.30. The average molecular weight is 295 g/mol. The van der Waals surface area contributed by atoms with Gasteiger partial charge < -0.3 is 4.74 Å². The Morgan fingerprint density at radius 1 is 1.00 bits per heavy atom. The summed E-state index contributed by atoms with van der Waals surface area (Å²) in [5, 5.41) is 0.698. The highest BCUT2D eigenvalue weighted by Crippen LogP contribution is 2.43. The van der Waals surface area contributed by atoms with Gasteiger partial charge in [-0.25, -0.2) is 0 Å². The van der Waals surface area contributed by atoms with Crippen LogP contribution in [-0.2, 0) is 9.59 Å². The van der Waals surface area contributed by atoms with Crippen molar-refractivity contribution in [3.05, 3.63) is 27.3 Å². The van der Waals surface area contributed by atoms with Gasteiger partial charge >= 0.3 is 0 Å². The fourth-order valence-electron chi connectivity index (χ4n) is 3.05. The molecule has 1 aliphatic carbocycles. The smallest absolute Gasteiger partial charge is 0.140 e. The van der Waals surface area contributed by atoms with Crippen LogP contribution in [0.25, 0.3) is 0 Å². The lowest BCUT2D eigenvalue weighted by molar-refractivity contribution is -0.130. The van der Waals surface area contributed by atoms with Gasteiger partial charge in [0.2, 0.25) is 0 Å². The first-order chi connectivity index (χ1) is 9.36. The number of Topliss-reactive ketones (excluding diaryl/α,β-unsaturated/α-hetero) is 2. The second kappa shape index (κ2) is 5.57. The molecule has 0 spiro atoms. The standard InChI is InChI=1S/C16H19ClO3/c1-8-9(2)16(20-4)14(10(3)15(8)17)11-5-12(18)7-13(19)6-11/h11H,5-7H2,1-4H3. The largest absolute Gasteiger partial charge is 0.496 e. The van der Waals surface area contributed by atoms with Crippen LogP contribution >= 0.6 is 11.6 Å². The van der Waals surface area contributed by atoms with E-state index in [0.717, 1.165) is 28.0 Å². The molecule has 108 valence electrons. The number of halogens is 1. The van der Waals surface area contributed by atoms with Gasteiger partial charge in [0.25, 0.3) is 0 Å². The van der Waals surface area contributed by atoms with Crippen LogP contribution in [0, 0.1) is 20.8 Å². The van der Waals surface area contributed by atoms with Gasteiger partial charge in [-0.1, -0.05) is 11.6 Å². The number of rotatable bonds is 2. The van der Waals surface area contributed by atoms with Crippen LogP contribution < -0.4 is 4.74 Å². The summed E-state index contributed by atoms with van der Waals surface area (Å²) in [6.07, 6.45) is 0.847. The number of carbonyl (C=O) groups is 2. The summed E-state index contributed by atoms with van der Waals surface area (Å²) in [4.78, 5) is 23.4. The Morgan fingerprint density at radius 2 is 1.55 bits per heavy atom. The molecule has 0 radical (unpaired) electrons. The zero-order valence-corrected chi connectivity index (χ0v) is 13.1. The minimum Gasteiger partial charge on any atom is -0.496 e. The Morgan fingerprint density at radius 3 is 2.05 bits per heavy atom. The lowest BCUT2D eigenvalue weighted by atomic mass is 9.79. The van der Waals surface area contributed by atoms with E-state index in [1.165, 1.54) is 0 Å². The molecule has 20 heavy (non-hydrogen) atoms. The summed E-state index contributed by atoms with van der Waals surface area (Å²) < 4.78 is 5.54. The zero-order valence-electron chi connectivity index (χ0n) is 12.3. The van der Waals surface area contributed by atoms with Crippen LogP contribution in [0.15, 0.2) is 0 Å². The van der Waals surface area contributed by atoms with E-state index in [0.29, 0.717) is 17.9 Å². The minimum absolute atomic E-state index is 0.00190. The van der Waals surface area contributed by atoms with Gasteiger partial charge in [-0.2, -0.15) is 0 Å². The van der Waals surface area contributed by atoms with Crippen molar-refractivity contribution in [2.75, 3.05) is 7.11 Å². The average Bonchev–Trinajstić information content (AvgIpc) is 2.39. The number of methoxy groups -OCH3 is 1. The molecule has 1 aromatic carbocycles. The summed E-state index contributed by atoms with van der Waals surface area (Å²) in [5.41, 5.74) is 3.79. The van der Waals surface area contributed by atoms with Crippen LogP contribution in [0.3, 0.4) is 0 Å². The van der Waals surface area contributed by atoms with E-state index in [1.807, 2.05) is 20.8 Å². The lowest BCUT2D eigenvalue weighted by Gasteiger charge is -2.26. The normalized spacial score (nSPS) is 16.6. The molecule has 4 heteroatoms. The van der Waals surface area contributed by atoms with Crippen LogP contribution in [-0.4, -0.2) is 18.7 Å². The summed E-state index contributed by atoms with van der Waals surface area (Å²) in [7, 11) is 1.62. The van der Waals surface area contributed by atoms with E-state index >= 15 is 0 Å². The van der Waals surface area contributed by atoms with Crippen LogP contribution in [0.5, 0.6) is 5.75 Å². The summed E-state index contributed by atoms with van der Waals surface area (Å²) in [5.74, 6) is 0.650. The Kier molecular flexibility index (Phi) is 4.19. The maximum atomic E-state index is 11.7. The molecule has 2 rings (SSSR count). The summed E-state index contributed by atoms with van der Waals surface area (Å²) in [6.45, 7) is 5.83. The molecule has 0 unspecified atom stereocenters. The number of hydrogen-bond acceptors (Lipinski definition) is 3. The summed E-state index contributed by atoms with van der Waals surface area (Å²) in [6, 6.07) is 0. The van der Waals surface area contributed by atoms with Crippen LogP contribution in [0.1, 0.15) is 47.4 Å². The van der Waals surface area contributed by atoms with Gasteiger partial charge in [0, 0.05) is 29.3 Å². The van der Waals surface area contributed by atoms with Crippen molar-refractivity contribution >= 4 is 23.2 Å². The minimum atomic E-state index is -0.115. The molecule has 0 heterocycles. The highest BCUT2D eigenvalue weighted by Gasteiger charge is 2.31. The van der Waals surface area contributed by atoms with Crippen molar-refractivity contribution in [1.82, 2.24) is 0 Å². The predicted octanol–water partition coefficient (Wildman–Crippen LogP) is 3.68. The van der Waals surface area contributed by atoms with E-state index in [-0.39, 0.29) is 23.9 Å². The highest BCUT2D eigenvalue weighted by atomic mass is 35.5. The van der Waals surface area contributed by atoms with Crippen molar-refractivity contribution < 1.29 is 14.3 Å². The van der Waals surface area contributed by atoms with Crippen molar-refractivity contribution in [1.29, 1.82) is 0 Å². The molecular formula is C16H19ClO3. The van der Waals surface area contributed by atoms with Crippen molar-refractivity contribution in [2.24, 2.45) is 0 Å². The molecule has 0 saturated heterocycles. The zero-order chi connectivity index (χ0) is 15.0. The van der Waals surface area contributed by atoms with Crippen LogP contribution in [0.4, 0.5) is 0 Å². The fraction of sp³-hybridized carbons (Fsp3) is 0.500. The monoisotopic (exact) mass is 294 g/mol. The first-order valence-corrected chi connectivity index (χ1v) is 7.11. The van der Waals surface area contributed by atoms with Crippen LogP contribution in [0.2, 0.25) is 5.02 Å². The Labute approximate surface area is 124 Å². The first-order valence-electron chi connectivity index (χ1n) is 6.73. The van der Waals surface area contributed by atoms with Gasteiger partial charge in [-0.15, -0.1) is 0 Å². The van der Waals surface area contributed by atoms with Gasteiger partial charge in [-0.3, -0.25) is 9.59 Å². The maximum Gasteiger partial charge on any atom is 0.140 e. The van der Waals surface area contributed by atoms with E-state index in [2.05, 4.69) is 0 Å². The second-order valence-electron chi connectivity index (χ2n) is 5.50. The lowest BCUT2D eigenvalue weighted by Crippen LogP contribution is -2.22. The number of ether oxygens (including phenoxy) is 1. The molecular weight excluding hydrogens is 276 g/mol. The first kappa shape index (κ1) is 15.0. The molecule has 3 nitrogen and oxygen atoms in total. The Balaban J connectivity index is 2.61. The van der Waals surface area contributed by atoms with Crippen molar-refractivity contribution in [2.45, 2.75) is 46.0 Å². The SMILES string of the molecule is COc1c(C)c(C)c(Cl)c(C)c1C1CC(=O)CC(=O)C1. The number of carbonyl (C=O) groups excluding carboxylic acids is 2. The van der Waals surface area contributed by atoms with Crippen molar-refractivity contribution in [3.63, 3.8) is 0 Å². The van der Waals surface area contributed by atoms with Crippen molar-refractivity contribution in [3.8, 4) is 5.75 Å². The van der Waals surface area contributed by atoms with Gasteiger partial charge in [-0.05, 0) is 37.5 Å². The molecule has 0 aliphatic heterocycles. The number of hydrogen-bond donors (Lipinski definition) is 0. The molecule has 0 amide bonds. The highest BCUT2D eigenvalue weighted by molar-refractivity contribution is 6.32. The molecule has 0 atom stereocenters. The molecule has 1 aliphatic rings. The van der Waals surface area contributed by atoms with E-state index in [4.69, 9.17) is 16.3 Å². The number of ketones is 2. The third-order valence-corrected chi connectivity index (χ3v) is 4.73. The molecule has 1 aromatic rings. The van der Waals surface area contributed by atoms with Gasteiger partial charge in [0.15, 0.2) is 0 Å². The number of benzene rings is 1. The third kappa shape index (κ3) is 2.47. The van der Waals surface area contributed by atoms with E-state index < -0.39 is 0 Å². The van der Waals surface area contributed by atoms with E-state index in [1.54, 1.807) is 7.11 Å². The topological polar surface area (TPSA) is 43.4 Å². The molecule has 0 N–H and O–H groups in total.